The molecule has 0 aliphatic carbocycles. The van der Waals surface area contributed by atoms with E-state index < -0.39 is 0 Å². The van der Waals surface area contributed by atoms with Crippen molar-refractivity contribution in [3.05, 3.63) is 34.9 Å². The van der Waals surface area contributed by atoms with Crippen LogP contribution in [0.1, 0.15) is 39.3 Å². The number of nitrogens with one attached hydrogen (secondary N) is 2. The monoisotopic (exact) mass is 282 g/mol. The predicted molar refractivity (Wildman–Crippen MR) is 80.3 cm³/mol. The van der Waals surface area contributed by atoms with E-state index in [-0.39, 0.29) is 18.0 Å². The number of hydrogen-bond acceptors (Lipinski definition) is 2. The Morgan fingerprint density at radius 1 is 1.16 bits per heavy atom. The Bertz CT molecular complexity index is 403. The van der Waals surface area contributed by atoms with Crippen LogP contribution in [0.3, 0.4) is 0 Å². The van der Waals surface area contributed by atoms with Gasteiger partial charge in [-0.1, -0.05) is 37.6 Å². The molecule has 3 nitrogen and oxygen atoms in total. The van der Waals surface area contributed by atoms with Gasteiger partial charge in [0.05, 0.1) is 6.54 Å². The molecule has 0 saturated heterocycles. The van der Waals surface area contributed by atoms with Crippen molar-refractivity contribution in [2.45, 2.75) is 39.8 Å². The number of carbonyl (C=O) groups excluding carboxylic acids is 1. The highest BCUT2D eigenvalue weighted by atomic mass is 35.5. The lowest BCUT2D eigenvalue weighted by atomic mass is 10.1. The highest BCUT2D eigenvalue weighted by molar-refractivity contribution is 6.30. The summed E-state index contributed by atoms with van der Waals surface area (Å²) in [6, 6.07) is 7.97. The van der Waals surface area contributed by atoms with E-state index in [9.17, 15) is 4.79 Å². The lowest BCUT2D eigenvalue weighted by Gasteiger charge is -2.19. The maximum Gasteiger partial charge on any atom is 0.234 e. The molecule has 0 bridgehead atoms. The minimum absolute atomic E-state index is 0.0296. The van der Waals surface area contributed by atoms with Gasteiger partial charge in [0.1, 0.15) is 0 Å². The fourth-order valence-corrected chi connectivity index (χ4v) is 1.71. The summed E-state index contributed by atoms with van der Waals surface area (Å²) in [6.45, 7) is 8.55. The summed E-state index contributed by atoms with van der Waals surface area (Å²) in [5.74, 6) is 0.472. The van der Waals surface area contributed by atoms with Gasteiger partial charge in [-0.05, 0) is 37.5 Å². The minimum Gasteiger partial charge on any atom is -0.352 e. The molecule has 2 atom stereocenters. The van der Waals surface area contributed by atoms with Gasteiger partial charge in [0.15, 0.2) is 0 Å². The van der Waals surface area contributed by atoms with Gasteiger partial charge in [-0.15, -0.1) is 0 Å². The van der Waals surface area contributed by atoms with Crippen LogP contribution in [0.2, 0.25) is 5.02 Å². The molecule has 1 unspecified atom stereocenters. The van der Waals surface area contributed by atoms with Crippen molar-refractivity contribution in [1.82, 2.24) is 10.6 Å². The van der Waals surface area contributed by atoms with E-state index in [4.69, 9.17) is 11.6 Å². The summed E-state index contributed by atoms with van der Waals surface area (Å²) in [5.41, 5.74) is 1.12. The molecular formula is C15H23ClN2O. The SMILES string of the molecule is CC(C)C(C)NC(=O)CN[C@@H](C)c1ccc(Cl)cc1. The molecule has 0 saturated carbocycles. The van der Waals surface area contributed by atoms with E-state index >= 15 is 0 Å². The Hall–Kier alpha value is -1.06. The Morgan fingerprint density at radius 3 is 2.26 bits per heavy atom. The number of benzene rings is 1. The molecule has 0 aromatic heterocycles. The van der Waals surface area contributed by atoms with E-state index in [1.165, 1.54) is 0 Å². The van der Waals surface area contributed by atoms with E-state index in [2.05, 4.69) is 24.5 Å². The van der Waals surface area contributed by atoms with Gasteiger partial charge in [-0.3, -0.25) is 4.79 Å². The molecule has 0 aliphatic rings. The van der Waals surface area contributed by atoms with E-state index in [1.54, 1.807) is 0 Å². The molecule has 4 heteroatoms. The minimum atomic E-state index is 0.0296. The fraction of sp³-hybridized carbons (Fsp3) is 0.533. The Morgan fingerprint density at radius 2 is 1.74 bits per heavy atom. The van der Waals surface area contributed by atoms with Crippen molar-refractivity contribution >= 4 is 17.5 Å². The number of carbonyl (C=O) groups is 1. The zero-order valence-corrected chi connectivity index (χ0v) is 12.8. The maximum absolute atomic E-state index is 11.8. The van der Waals surface area contributed by atoms with Crippen molar-refractivity contribution in [3.8, 4) is 0 Å². The first-order valence-corrected chi connectivity index (χ1v) is 7.06. The summed E-state index contributed by atoms with van der Waals surface area (Å²) in [7, 11) is 0. The van der Waals surface area contributed by atoms with Crippen molar-refractivity contribution < 1.29 is 4.79 Å². The lowest BCUT2D eigenvalue weighted by Crippen LogP contribution is -2.41. The van der Waals surface area contributed by atoms with Gasteiger partial charge < -0.3 is 10.6 Å². The van der Waals surface area contributed by atoms with Gasteiger partial charge in [0.2, 0.25) is 5.91 Å². The van der Waals surface area contributed by atoms with Crippen LogP contribution >= 0.6 is 11.6 Å². The molecule has 0 heterocycles. The third-order valence-corrected chi connectivity index (χ3v) is 3.58. The van der Waals surface area contributed by atoms with Gasteiger partial charge in [-0.25, -0.2) is 0 Å². The first kappa shape index (κ1) is 16.0. The summed E-state index contributed by atoms with van der Waals surface area (Å²) >= 11 is 5.85. The molecule has 2 N–H and O–H groups in total. The first-order chi connectivity index (χ1) is 8.90. The third-order valence-electron chi connectivity index (χ3n) is 3.33. The normalized spacial score (nSPS) is 14.2. The van der Waals surface area contributed by atoms with Crippen LogP contribution < -0.4 is 10.6 Å². The van der Waals surface area contributed by atoms with Crippen LogP contribution in [-0.2, 0) is 4.79 Å². The van der Waals surface area contributed by atoms with Crippen LogP contribution in [0.5, 0.6) is 0 Å². The van der Waals surface area contributed by atoms with Gasteiger partial charge in [-0.2, -0.15) is 0 Å². The summed E-state index contributed by atoms with van der Waals surface area (Å²) in [5, 5.41) is 6.90. The fourth-order valence-electron chi connectivity index (χ4n) is 1.59. The van der Waals surface area contributed by atoms with Crippen LogP contribution in [0.4, 0.5) is 0 Å². The Balaban J connectivity index is 2.39. The maximum atomic E-state index is 11.8. The number of amides is 1. The van der Waals surface area contributed by atoms with Crippen molar-refractivity contribution in [1.29, 1.82) is 0 Å². The van der Waals surface area contributed by atoms with Crippen LogP contribution in [0.25, 0.3) is 0 Å². The Labute approximate surface area is 120 Å². The van der Waals surface area contributed by atoms with Crippen LogP contribution in [0, 0.1) is 5.92 Å². The van der Waals surface area contributed by atoms with Crippen molar-refractivity contribution in [3.63, 3.8) is 0 Å². The molecule has 0 spiro atoms. The number of rotatable bonds is 6. The first-order valence-electron chi connectivity index (χ1n) is 6.68. The van der Waals surface area contributed by atoms with Gasteiger partial charge in [0.25, 0.3) is 0 Å². The smallest absolute Gasteiger partial charge is 0.234 e. The topological polar surface area (TPSA) is 41.1 Å². The van der Waals surface area contributed by atoms with Crippen LogP contribution in [-0.4, -0.2) is 18.5 Å². The standard InChI is InChI=1S/C15H23ClN2O/c1-10(2)11(3)18-15(19)9-17-12(4)13-5-7-14(16)8-6-13/h5-8,10-12,17H,9H2,1-4H3,(H,18,19)/t11?,12-/m0/s1. The number of hydrogen-bond donors (Lipinski definition) is 2. The second kappa shape index (κ2) is 7.51. The largest absolute Gasteiger partial charge is 0.352 e. The third kappa shape index (κ3) is 5.62. The molecule has 0 fully saturated rings. The molecule has 1 amide bonds. The molecule has 1 aromatic carbocycles. The van der Waals surface area contributed by atoms with Crippen LogP contribution in [0.15, 0.2) is 24.3 Å². The second-order valence-electron chi connectivity index (χ2n) is 5.25. The molecule has 106 valence electrons. The summed E-state index contributed by atoms with van der Waals surface area (Å²) in [4.78, 5) is 11.8. The molecule has 0 aliphatic heterocycles. The lowest BCUT2D eigenvalue weighted by molar-refractivity contribution is -0.121. The quantitative estimate of drug-likeness (QED) is 0.841. The van der Waals surface area contributed by atoms with Gasteiger partial charge in [0, 0.05) is 17.1 Å². The number of halogens is 1. The van der Waals surface area contributed by atoms with Crippen molar-refractivity contribution in [2.75, 3.05) is 6.54 Å². The van der Waals surface area contributed by atoms with E-state index in [0.29, 0.717) is 12.5 Å². The highest BCUT2D eigenvalue weighted by Crippen LogP contribution is 2.15. The molecule has 1 rings (SSSR count). The highest BCUT2D eigenvalue weighted by Gasteiger charge is 2.12. The molecular weight excluding hydrogens is 260 g/mol. The molecule has 0 radical (unpaired) electrons. The predicted octanol–water partition coefficient (Wildman–Crippen LogP) is 3.15. The Kier molecular flexibility index (Phi) is 6.32. The zero-order chi connectivity index (χ0) is 14.4. The van der Waals surface area contributed by atoms with Crippen molar-refractivity contribution in [2.24, 2.45) is 5.92 Å². The molecule has 1 aromatic rings. The summed E-state index contributed by atoms with van der Waals surface area (Å²) < 4.78 is 0. The average molecular weight is 283 g/mol. The summed E-state index contributed by atoms with van der Waals surface area (Å²) in [6.07, 6.45) is 0. The molecule has 19 heavy (non-hydrogen) atoms. The second-order valence-corrected chi connectivity index (χ2v) is 5.69. The average Bonchev–Trinajstić information content (AvgIpc) is 2.36. The van der Waals surface area contributed by atoms with E-state index in [1.807, 2.05) is 38.1 Å². The van der Waals surface area contributed by atoms with Gasteiger partial charge >= 0.3 is 0 Å². The zero-order valence-electron chi connectivity index (χ0n) is 12.0. The van der Waals surface area contributed by atoms with E-state index in [0.717, 1.165) is 10.6 Å².